The number of carbonyl (C=O) groups excluding carboxylic acids is 3. The van der Waals surface area contributed by atoms with E-state index in [1.807, 2.05) is 0 Å². The number of carbonyl (C=O) groups is 3. The lowest BCUT2D eigenvalue weighted by molar-refractivity contribution is -0.136. The fourth-order valence-electron chi connectivity index (χ4n) is 2.25. The number of hydrogen-bond donors (Lipinski definition) is 2. The van der Waals surface area contributed by atoms with E-state index in [9.17, 15) is 14.4 Å². The maximum absolute atomic E-state index is 11.9. The third-order valence-corrected chi connectivity index (χ3v) is 4.60. The summed E-state index contributed by atoms with van der Waals surface area (Å²) in [6.07, 6.45) is 1.36. The molecule has 2 aromatic carbocycles. The van der Waals surface area contributed by atoms with Crippen LogP contribution in [0.4, 0.5) is 5.69 Å². The van der Waals surface area contributed by atoms with Gasteiger partial charge in [-0.05, 0) is 65.5 Å². The second-order valence-electron chi connectivity index (χ2n) is 5.82. The van der Waals surface area contributed by atoms with Gasteiger partial charge in [-0.1, -0.05) is 6.07 Å². The number of ether oxygens (including phenoxy) is 2. The minimum absolute atomic E-state index is 0.383. The van der Waals surface area contributed by atoms with Gasteiger partial charge < -0.3 is 14.8 Å². The topological polar surface area (TPSA) is 106 Å². The molecule has 152 valence electrons. The Morgan fingerprint density at radius 1 is 0.933 bits per heavy atom. The first-order valence-electron chi connectivity index (χ1n) is 8.69. The quantitative estimate of drug-likeness (QED) is 0.208. The van der Waals surface area contributed by atoms with Crippen LogP contribution < -0.4 is 20.2 Å². The van der Waals surface area contributed by atoms with Crippen molar-refractivity contribution in [1.82, 2.24) is 5.43 Å². The monoisotopic (exact) mass is 423 g/mol. The Labute approximate surface area is 176 Å². The van der Waals surface area contributed by atoms with Crippen molar-refractivity contribution in [3.8, 4) is 11.5 Å². The Morgan fingerprint density at radius 3 is 2.27 bits per heavy atom. The highest BCUT2D eigenvalue weighted by atomic mass is 32.1. The Hall–Kier alpha value is -3.98. The van der Waals surface area contributed by atoms with Crippen molar-refractivity contribution < 1.29 is 23.9 Å². The largest absolute Gasteiger partial charge is 0.497 e. The molecule has 9 heteroatoms. The van der Waals surface area contributed by atoms with E-state index < -0.39 is 17.8 Å². The van der Waals surface area contributed by atoms with E-state index in [2.05, 4.69) is 15.8 Å². The molecule has 0 atom stereocenters. The van der Waals surface area contributed by atoms with Crippen LogP contribution in [-0.4, -0.2) is 31.1 Å². The number of amides is 2. The summed E-state index contributed by atoms with van der Waals surface area (Å²) in [5.41, 5.74) is 3.24. The van der Waals surface area contributed by atoms with Crippen molar-refractivity contribution in [2.45, 2.75) is 0 Å². The standard InChI is InChI=1S/C21H17N3O5S/c1-28-16-10-6-15(7-11-16)23-19(25)20(26)24-22-13-14-4-8-17(9-5-14)29-21(27)18-3-2-12-30-18/h2-13H,1H3,(H,23,25)(H,24,26)/b22-13-. The molecule has 0 aliphatic rings. The van der Waals surface area contributed by atoms with Crippen LogP contribution in [0.25, 0.3) is 0 Å². The van der Waals surface area contributed by atoms with Gasteiger partial charge in [0.25, 0.3) is 0 Å². The van der Waals surface area contributed by atoms with Crippen LogP contribution in [0.2, 0.25) is 0 Å². The third kappa shape index (κ3) is 5.76. The Bertz CT molecular complexity index is 1050. The van der Waals surface area contributed by atoms with Crippen LogP contribution in [-0.2, 0) is 9.59 Å². The van der Waals surface area contributed by atoms with Gasteiger partial charge >= 0.3 is 17.8 Å². The summed E-state index contributed by atoms with van der Waals surface area (Å²) in [5, 5.41) is 8.00. The van der Waals surface area contributed by atoms with Crippen LogP contribution in [0.1, 0.15) is 15.2 Å². The minimum atomic E-state index is -0.913. The molecule has 0 spiro atoms. The number of benzene rings is 2. The number of nitrogens with one attached hydrogen (secondary N) is 2. The van der Waals surface area contributed by atoms with Crippen LogP contribution >= 0.6 is 11.3 Å². The van der Waals surface area contributed by atoms with Gasteiger partial charge in [-0.15, -0.1) is 11.3 Å². The van der Waals surface area contributed by atoms with Gasteiger partial charge in [0.05, 0.1) is 13.3 Å². The van der Waals surface area contributed by atoms with Crippen molar-refractivity contribution in [3.63, 3.8) is 0 Å². The van der Waals surface area contributed by atoms with E-state index in [1.54, 1.807) is 66.0 Å². The highest BCUT2D eigenvalue weighted by Gasteiger charge is 2.13. The number of hydrazone groups is 1. The van der Waals surface area contributed by atoms with Crippen LogP contribution in [0, 0.1) is 0 Å². The number of anilines is 1. The zero-order valence-corrected chi connectivity index (χ0v) is 16.6. The Morgan fingerprint density at radius 2 is 1.63 bits per heavy atom. The molecule has 0 fully saturated rings. The fourth-order valence-corrected chi connectivity index (χ4v) is 2.85. The number of hydrogen-bond acceptors (Lipinski definition) is 7. The molecular weight excluding hydrogens is 406 g/mol. The lowest BCUT2D eigenvalue weighted by Crippen LogP contribution is -2.32. The number of esters is 1. The lowest BCUT2D eigenvalue weighted by Gasteiger charge is -2.05. The molecule has 0 bridgehead atoms. The number of thiophene rings is 1. The summed E-state index contributed by atoms with van der Waals surface area (Å²) in [6.45, 7) is 0. The molecule has 3 aromatic rings. The molecule has 3 rings (SSSR count). The lowest BCUT2D eigenvalue weighted by atomic mass is 10.2. The Balaban J connectivity index is 1.48. The van der Waals surface area contributed by atoms with E-state index >= 15 is 0 Å². The second-order valence-corrected chi connectivity index (χ2v) is 6.77. The van der Waals surface area contributed by atoms with Gasteiger partial charge in [-0.2, -0.15) is 5.10 Å². The van der Waals surface area contributed by atoms with Gasteiger partial charge in [-0.25, -0.2) is 10.2 Å². The molecule has 0 saturated heterocycles. The maximum Gasteiger partial charge on any atom is 0.353 e. The van der Waals surface area contributed by atoms with E-state index in [4.69, 9.17) is 9.47 Å². The highest BCUT2D eigenvalue weighted by Crippen LogP contribution is 2.16. The van der Waals surface area contributed by atoms with Crippen LogP contribution in [0.5, 0.6) is 11.5 Å². The summed E-state index contributed by atoms with van der Waals surface area (Å²) >= 11 is 1.30. The van der Waals surface area contributed by atoms with E-state index in [0.29, 0.717) is 27.6 Å². The zero-order valence-electron chi connectivity index (χ0n) is 15.8. The molecule has 2 amide bonds. The van der Waals surface area contributed by atoms with Gasteiger partial charge in [0.1, 0.15) is 16.4 Å². The van der Waals surface area contributed by atoms with E-state index in [1.165, 1.54) is 24.7 Å². The molecule has 0 aliphatic carbocycles. The van der Waals surface area contributed by atoms with E-state index in [0.717, 1.165) is 0 Å². The first-order chi connectivity index (χ1) is 14.5. The van der Waals surface area contributed by atoms with Crippen molar-refractivity contribution in [2.24, 2.45) is 5.10 Å². The Kier molecular flexibility index (Phi) is 6.91. The molecule has 0 aliphatic heterocycles. The molecule has 30 heavy (non-hydrogen) atoms. The zero-order chi connectivity index (χ0) is 21.3. The number of rotatable bonds is 6. The van der Waals surface area contributed by atoms with E-state index in [-0.39, 0.29) is 0 Å². The normalized spacial score (nSPS) is 10.4. The predicted octanol–water partition coefficient (Wildman–Crippen LogP) is 3.06. The number of nitrogens with zero attached hydrogens (tertiary/aromatic N) is 1. The van der Waals surface area contributed by atoms with Gasteiger partial charge in [0.2, 0.25) is 0 Å². The first-order valence-corrected chi connectivity index (χ1v) is 9.57. The summed E-state index contributed by atoms with van der Waals surface area (Å²) in [7, 11) is 1.53. The third-order valence-electron chi connectivity index (χ3n) is 3.75. The fraction of sp³-hybridized carbons (Fsp3) is 0.0476. The molecule has 8 nitrogen and oxygen atoms in total. The molecule has 2 N–H and O–H groups in total. The van der Waals surface area contributed by atoms with Crippen molar-refractivity contribution in [1.29, 1.82) is 0 Å². The highest BCUT2D eigenvalue weighted by molar-refractivity contribution is 7.12. The van der Waals surface area contributed by atoms with Gasteiger partial charge in [0.15, 0.2) is 0 Å². The molecule has 0 unspecified atom stereocenters. The summed E-state index contributed by atoms with van der Waals surface area (Å²) in [5.74, 6) is -1.18. The smallest absolute Gasteiger partial charge is 0.353 e. The molecule has 1 heterocycles. The summed E-state index contributed by atoms with van der Waals surface area (Å²) < 4.78 is 10.3. The SMILES string of the molecule is COc1ccc(NC(=O)C(=O)N/N=C\c2ccc(OC(=O)c3cccs3)cc2)cc1. The van der Waals surface area contributed by atoms with Gasteiger partial charge in [-0.3, -0.25) is 9.59 Å². The average molecular weight is 423 g/mol. The van der Waals surface area contributed by atoms with Crippen molar-refractivity contribution in [3.05, 3.63) is 76.5 Å². The average Bonchev–Trinajstić information content (AvgIpc) is 3.30. The molecule has 1 aromatic heterocycles. The number of methoxy groups -OCH3 is 1. The molecule has 0 saturated carbocycles. The van der Waals surface area contributed by atoms with Crippen molar-refractivity contribution in [2.75, 3.05) is 12.4 Å². The van der Waals surface area contributed by atoms with Crippen molar-refractivity contribution >= 4 is 41.0 Å². The first kappa shape index (κ1) is 20.7. The second kappa shape index (κ2) is 9.99. The summed E-state index contributed by atoms with van der Waals surface area (Å²) in [4.78, 5) is 36.1. The summed E-state index contributed by atoms with van der Waals surface area (Å²) in [6, 6.07) is 16.5. The van der Waals surface area contributed by atoms with Gasteiger partial charge in [0, 0.05) is 5.69 Å². The predicted molar refractivity (Wildman–Crippen MR) is 113 cm³/mol. The maximum atomic E-state index is 11.9. The van der Waals surface area contributed by atoms with Crippen LogP contribution in [0.15, 0.2) is 71.1 Å². The minimum Gasteiger partial charge on any atom is -0.497 e. The van der Waals surface area contributed by atoms with Crippen LogP contribution in [0.3, 0.4) is 0 Å². The molecule has 0 radical (unpaired) electrons. The molecular formula is C21H17N3O5S.